The molecule has 1 aromatic heterocycles. The highest BCUT2D eigenvalue weighted by atomic mass is 32.1. The molecular weight excluding hydrogens is 315 g/mol. The van der Waals surface area contributed by atoms with Gasteiger partial charge in [0.15, 0.2) is 0 Å². The van der Waals surface area contributed by atoms with Gasteiger partial charge in [-0.25, -0.2) is 9.37 Å². The molecule has 0 amide bonds. The van der Waals surface area contributed by atoms with E-state index >= 15 is 0 Å². The van der Waals surface area contributed by atoms with Crippen molar-refractivity contribution in [3.8, 4) is 5.75 Å². The highest BCUT2D eigenvalue weighted by Crippen LogP contribution is 2.27. The summed E-state index contributed by atoms with van der Waals surface area (Å²) in [5.74, 6) is 0.233. The standard InChI is InChI=1S/C17H23FN2O2S/c1-4-17(3,16-20-12(2)11-23-16)19-9-14(21)10-22-15-7-5-13(18)6-8-15/h5-8,11,14,19,21H,4,9-10H2,1-3H3. The van der Waals surface area contributed by atoms with Gasteiger partial charge in [0.1, 0.15) is 29.3 Å². The Hall–Kier alpha value is -1.50. The van der Waals surface area contributed by atoms with Gasteiger partial charge in [-0.15, -0.1) is 11.3 Å². The summed E-state index contributed by atoms with van der Waals surface area (Å²) in [7, 11) is 0. The summed E-state index contributed by atoms with van der Waals surface area (Å²) >= 11 is 1.62. The number of hydrogen-bond donors (Lipinski definition) is 2. The number of aromatic nitrogens is 1. The summed E-state index contributed by atoms with van der Waals surface area (Å²) in [6.45, 7) is 6.69. The summed E-state index contributed by atoms with van der Waals surface area (Å²) < 4.78 is 18.3. The van der Waals surface area contributed by atoms with Gasteiger partial charge in [-0.05, 0) is 44.5 Å². The van der Waals surface area contributed by atoms with E-state index in [1.165, 1.54) is 12.1 Å². The predicted molar refractivity (Wildman–Crippen MR) is 90.4 cm³/mol. The molecule has 1 heterocycles. The molecule has 2 unspecified atom stereocenters. The molecule has 2 aromatic rings. The van der Waals surface area contributed by atoms with Crippen molar-refractivity contribution in [2.24, 2.45) is 0 Å². The van der Waals surface area contributed by atoms with Gasteiger partial charge in [-0.2, -0.15) is 0 Å². The second-order valence-corrected chi connectivity index (χ2v) is 6.64. The molecule has 0 saturated carbocycles. The first kappa shape index (κ1) is 17.8. The largest absolute Gasteiger partial charge is 0.491 e. The average Bonchev–Trinajstić information content (AvgIpc) is 2.99. The number of aryl methyl sites for hydroxylation is 1. The van der Waals surface area contributed by atoms with E-state index in [2.05, 4.69) is 24.1 Å². The molecule has 0 saturated heterocycles. The van der Waals surface area contributed by atoms with E-state index in [9.17, 15) is 9.50 Å². The molecule has 0 fully saturated rings. The molecule has 0 aliphatic rings. The number of thiazole rings is 1. The minimum Gasteiger partial charge on any atom is -0.491 e. The van der Waals surface area contributed by atoms with E-state index < -0.39 is 6.10 Å². The van der Waals surface area contributed by atoms with Crippen LogP contribution in [0, 0.1) is 12.7 Å². The van der Waals surface area contributed by atoms with Crippen molar-refractivity contribution >= 4 is 11.3 Å². The Balaban J connectivity index is 1.84. The van der Waals surface area contributed by atoms with Crippen molar-refractivity contribution < 1.29 is 14.2 Å². The third kappa shape index (κ3) is 4.99. The fourth-order valence-electron chi connectivity index (χ4n) is 2.08. The van der Waals surface area contributed by atoms with Gasteiger partial charge >= 0.3 is 0 Å². The molecule has 0 aliphatic carbocycles. The fraction of sp³-hybridized carbons (Fsp3) is 0.471. The summed E-state index contributed by atoms with van der Waals surface area (Å²) in [4.78, 5) is 4.54. The van der Waals surface area contributed by atoms with Crippen molar-refractivity contribution in [3.05, 3.63) is 46.2 Å². The van der Waals surface area contributed by atoms with Gasteiger partial charge in [-0.1, -0.05) is 6.92 Å². The van der Waals surface area contributed by atoms with E-state index in [0.717, 1.165) is 17.1 Å². The lowest BCUT2D eigenvalue weighted by molar-refractivity contribution is 0.0968. The molecule has 23 heavy (non-hydrogen) atoms. The molecule has 4 nitrogen and oxygen atoms in total. The molecule has 126 valence electrons. The summed E-state index contributed by atoms with van der Waals surface area (Å²) in [5.41, 5.74) is 0.738. The van der Waals surface area contributed by atoms with Crippen molar-refractivity contribution in [2.45, 2.75) is 38.8 Å². The number of hydrogen-bond acceptors (Lipinski definition) is 5. The van der Waals surface area contributed by atoms with Crippen LogP contribution in [0.3, 0.4) is 0 Å². The summed E-state index contributed by atoms with van der Waals surface area (Å²) in [6.07, 6.45) is 0.206. The second-order valence-electron chi connectivity index (χ2n) is 5.78. The number of rotatable bonds is 8. The Morgan fingerprint density at radius 2 is 2.09 bits per heavy atom. The maximum Gasteiger partial charge on any atom is 0.123 e. The van der Waals surface area contributed by atoms with Crippen molar-refractivity contribution in [3.63, 3.8) is 0 Å². The van der Waals surface area contributed by atoms with E-state index in [0.29, 0.717) is 12.3 Å². The lowest BCUT2D eigenvalue weighted by Gasteiger charge is -2.29. The van der Waals surface area contributed by atoms with Crippen LogP contribution in [0.4, 0.5) is 4.39 Å². The van der Waals surface area contributed by atoms with Crippen LogP contribution in [0.1, 0.15) is 31.0 Å². The highest BCUT2D eigenvalue weighted by molar-refractivity contribution is 7.09. The number of halogens is 1. The zero-order valence-corrected chi connectivity index (χ0v) is 14.5. The predicted octanol–water partition coefficient (Wildman–Crippen LogP) is 3.25. The average molecular weight is 338 g/mol. The summed E-state index contributed by atoms with van der Waals surface area (Å²) in [5, 5.41) is 16.5. The van der Waals surface area contributed by atoms with E-state index in [1.54, 1.807) is 23.5 Å². The Morgan fingerprint density at radius 1 is 1.39 bits per heavy atom. The van der Waals surface area contributed by atoms with Gasteiger partial charge < -0.3 is 15.2 Å². The van der Waals surface area contributed by atoms with E-state index in [4.69, 9.17) is 4.74 Å². The smallest absolute Gasteiger partial charge is 0.123 e. The van der Waals surface area contributed by atoms with Gasteiger partial charge in [0.25, 0.3) is 0 Å². The Morgan fingerprint density at radius 3 is 2.65 bits per heavy atom. The number of nitrogens with one attached hydrogen (secondary N) is 1. The molecule has 2 N–H and O–H groups in total. The lowest BCUT2D eigenvalue weighted by Crippen LogP contribution is -2.44. The van der Waals surface area contributed by atoms with Crippen LogP contribution in [0.15, 0.2) is 29.6 Å². The molecule has 0 bridgehead atoms. The minimum absolute atomic E-state index is 0.148. The first-order valence-corrected chi connectivity index (χ1v) is 8.55. The maximum absolute atomic E-state index is 12.8. The SMILES string of the molecule is CCC(C)(NCC(O)COc1ccc(F)cc1)c1nc(C)cs1. The fourth-order valence-corrected chi connectivity index (χ4v) is 3.09. The third-order valence-electron chi connectivity index (χ3n) is 3.78. The van der Waals surface area contributed by atoms with Crippen LogP contribution in [0.25, 0.3) is 0 Å². The molecule has 6 heteroatoms. The maximum atomic E-state index is 12.8. The van der Waals surface area contributed by atoms with Crippen LogP contribution in [-0.2, 0) is 5.54 Å². The molecular formula is C17H23FN2O2S. The van der Waals surface area contributed by atoms with Gasteiger partial charge in [0.2, 0.25) is 0 Å². The van der Waals surface area contributed by atoms with E-state index in [1.807, 2.05) is 12.3 Å². The Bertz CT molecular complexity index is 617. The zero-order chi connectivity index (χ0) is 16.9. The quantitative estimate of drug-likeness (QED) is 0.776. The lowest BCUT2D eigenvalue weighted by atomic mass is 9.99. The minimum atomic E-state index is -0.660. The van der Waals surface area contributed by atoms with Crippen LogP contribution in [-0.4, -0.2) is 29.3 Å². The van der Waals surface area contributed by atoms with Crippen LogP contribution < -0.4 is 10.1 Å². The van der Waals surface area contributed by atoms with Crippen molar-refractivity contribution in [1.29, 1.82) is 0 Å². The van der Waals surface area contributed by atoms with Crippen molar-refractivity contribution in [2.75, 3.05) is 13.2 Å². The molecule has 1 aromatic carbocycles. The normalized spacial score (nSPS) is 15.2. The highest BCUT2D eigenvalue weighted by Gasteiger charge is 2.28. The molecule has 0 aliphatic heterocycles. The van der Waals surface area contributed by atoms with Crippen LogP contribution in [0.2, 0.25) is 0 Å². The Labute approximate surface area is 140 Å². The first-order valence-electron chi connectivity index (χ1n) is 7.67. The summed E-state index contributed by atoms with van der Waals surface area (Å²) in [6, 6.07) is 5.76. The number of aliphatic hydroxyl groups is 1. The third-order valence-corrected chi connectivity index (χ3v) is 5.01. The zero-order valence-electron chi connectivity index (χ0n) is 13.7. The van der Waals surface area contributed by atoms with Crippen LogP contribution >= 0.6 is 11.3 Å². The molecule has 0 spiro atoms. The molecule has 2 atom stereocenters. The van der Waals surface area contributed by atoms with Gasteiger partial charge in [-0.3, -0.25) is 0 Å². The Kier molecular flexibility index (Phi) is 6.10. The second kappa shape index (κ2) is 7.86. The molecule has 0 radical (unpaired) electrons. The monoisotopic (exact) mass is 338 g/mol. The number of nitrogens with zero attached hydrogens (tertiary/aromatic N) is 1. The number of ether oxygens (including phenoxy) is 1. The topological polar surface area (TPSA) is 54.4 Å². The number of benzene rings is 1. The van der Waals surface area contributed by atoms with Crippen LogP contribution in [0.5, 0.6) is 5.75 Å². The van der Waals surface area contributed by atoms with Gasteiger partial charge in [0, 0.05) is 17.6 Å². The van der Waals surface area contributed by atoms with Gasteiger partial charge in [0.05, 0.1) is 5.54 Å². The molecule has 2 rings (SSSR count). The van der Waals surface area contributed by atoms with Crippen molar-refractivity contribution in [1.82, 2.24) is 10.3 Å². The van der Waals surface area contributed by atoms with E-state index in [-0.39, 0.29) is 18.0 Å². The first-order chi connectivity index (χ1) is 10.9. The number of aliphatic hydroxyl groups excluding tert-OH is 1.